The van der Waals surface area contributed by atoms with Gasteiger partial charge >= 0.3 is 0 Å². The van der Waals surface area contributed by atoms with Crippen LogP contribution in [0.4, 0.5) is 0 Å². The number of nitrogens with one attached hydrogen (secondary N) is 1. The summed E-state index contributed by atoms with van der Waals surface area (Å²) >= 11 is 0. The maximum Gasteiger partial charge on any atom is 0.252 e. The first-order valence-electron chi connectivity index (χ1n) is 5.80. The summed E-state index contributed by atoms with van der Waals surface area (Å²) in [5, 5.41) is 11.9. The van der Waals surface area contributed by atoms with Gasteiger partial charge in [0, 0.05) is 19.2 Å². The number of carbonyl (C=O) groups excluding carboxylic acids is 2. The fraction of sp³-hybridized carbons (Fsp3) is 0.385. The SMILES string of the molecule is CCN(C)C(=O)C(C)NC(=O)c1cccc(O)c1. The van der Waals surface area contributed by atoms with Gasteiger partial charge in [0.2, 0.25) is 5.91 Å². The van der Waals surface area contributed by atoms with Crippen LogP contribution in [0.2, 0.25) is 0 Å². The molecule has 5 nitrogen and oxygen atoms in total. The predicted molar refractivity (Wildman–Crippen MR) is 68.3 cm³/mol. The molecule has 0 aliphatic rings. The predicted octanol–water partition coefficient (Wildman–Crippen LogP) is 0.989. The lowest BCUT2D eigenvalue weighted by atomic mass is 10.2. The smallest absolute Gasteiger partial charge is 0.252 e. The molecule has 0 aliphatic carbocycles. The van der Waals surface area contributed by atoms with Gasteiger partial charge in [-0.15, -0.1) is 0 Å². The molecule has 98 valence electrons. The van der Waals surface area contributed by atoms with Crippen molar-refractivity contribution >= 4 is 11.8 Å². The Bertz CT molecular complexity index is 446. The van der Waals surface area contributed by atoms with Gasteiger partial charge in [-0.25, -0.2) is 0 Å². The second kappa shape index (κ2) is 6.05. The minimum atomic E-state index is -0.593. The first-order valence-corrected chi connectivity index (χ1v) is 5.80. The summed E-state index contributed by atoms with van der Waals surface area (Å²) in [4.78, 5) is 25.1. The molecule has 0 heterocycles. The third kappa shape index (κ3) is 3.48. The van der Waals surface area contributed by atoms with Crippen molar-refractivity contribution in [1.29, 1.82) is 0 Å². The number of aromatic hydroxyl groups is 1. The van der Waals surface area contributed by atoms with Gasteiger partial charge in [-0.1, -0.05) is 6.07 Å². The first-order chi connectivity index (χ1) is 8.45. The van der Waals surface area contributed by atoms with Crippen molar-refractivity contribution < 1.29 is 14.7 Å². The van der Waals surface area contributed by atoms with Gasteiger partial charge in [0.25, 0.3) is 5.91 Å². The zero-order valence-corrected chi connectivity index (χ0v) is 10.8. The van der Waals surface area contributed by atoms with E-state index < -0.39 is 6.04 Å². The molecular formula is C13H18N2O3. The van der Waals surface area contributed by atoms with E-state index in [0.717, 1.165) is 0 Å². The monoisotopic (exact) mass is 250 g/mol. The molecule has 0 bridgehead atoms. The Morgan fingerprint density at radius 3 is 2.67 bits per heavy atom. The minimum Gasteiger partial charge on any atom is -0.508 e. The summed E-state index contributed by atoms with van der Waals surface area (Å²) in [7, 11) is 1.68. The summed E-state index contributed by atoms with van der Waals surface area (Å²) in [5.41, 5.74) is 0.328. The number of amides is 2. The topological polar surface area (TPSA) is 69.6 Å². The molecule has 0 saturated heterocycles. The third-order valence-electron chi connectivity index (χ3n) is 2.68. The Hall–Kier alpha value is -2.04. The van der Waals surface area contributed by atoms with Crippen molar-refractivity contribution in [3.05, 3.63) is 29.8 Å². The molecule has 1 unspecified atom stereocenters. The number of hydrogen-bond donors (Lipinski definition) is 2. The van der Waals surface area contributed by atoms with Crippen LogP contribution in [0.15, 0.2) is 24.3 Å². The number of phenolic OH excluding ortho intramolecular Hbond substituents is 1. The van der Waals surface area contributed by atoms with E-state index in [1.54, 1.807) is 26.1 Å². The van der Waals surface area contributed by atoms with Gasteiger partial charge in [-0.05, 0) is 32.0 Å². The highest BCUT2D eigenvalue weighted by atomic mass is 16.3. The summed E-state index contributed by atoms with van der Waals surface area (Å²) in [6.07, 6.45) is 0. The van der Waals surface area contributed by atoms with Crippen LogP contribution < -0.4 is 5.32 Å². The van der Waals surface area contributed by atoms with Gasteiger partial charge in [-0.3, -0.25) is 9.59 Å². The minimum absolute atomic E-state index is 0.0207. The van der Waals surface area contributed by atoms with E-state index in [4.69, 9.17) is 0 Å². The molecular weight excluding hydrogens is 232 g/mol. The number of carbonyl (C=O) groups is 2. The molecule has 0 spiro atoms. The third-order valence-corrected chi connectivity index (χ3v) is 2.68. The van der Waals surface area contributed by atoms with Crippen LogP contribution in [0.5, 0.6) is 5.75 Å². The van der Waals surface area contributed by atoms with Crippen molar-refractivity contribution in [1.82, 2.24) is 10.2 Å². The lowest BCUT2D eigenvalue weighted by molar-refractivity contribution is -0.131. The van der Waals surface area contributed by atoms with Crippen LogP contribution in [-0.2, 0) is 4.79 Å². The van der Waals surface area contributed by atoms with Crippen LogP contribution in [0.1, 0.15) is 24.2 Å². The van der Waals surface area contributed by atoms with E-state index in [2.05, 4.69) is 5.32 Å². The van der Waals surface area contributed by atoms with Crippen molar-refractivity contribution in [2.75, 3.05) is 13.6 Å². The number of benzene rings is 1. The highest BCUT2D eigenvalue weighted by molar-refractivity contribution is 5.97. The zero-order valence-electron chi connectivity index (χ0n) is 10.8. The summed E-state index contributed by atoms with van der Waals surface area (Å²) in [6, 6.07) is 5.40. The fourth-order valence-corrected chi connectivity index (χ4v) is 1.48. The highest BCUT2D eigenvalue weighted by Gasteiger charge is 2.19. The zero-order chi connectivity index (χ0) is 13.7. The van der Waals surface area contributed by atoms with E-state index in [9.17, 15) is 14.7 Å². The lowest BCUT2D eigenvalue weighted by Gasteiger charge is -2.20. The van der Waals surface area contributed by atoms with Crippen molar-refractivity contribution in [3.8, 4) is 5.75 Å². The fourth-order valence-electron chi connectivity index (χ4n) is 1.48. The van der Waals surface area contributed by atoms with Crippen molar-refractivity contribution in [2.24, 2.45) is 0 Å². The molecule has 2 N–H and O–H groups in total. The van der Waals surface area contributed by atoms with Crippen LogP contribution in [0.25, 0.3) is 0 Å². The Morgan fingerprint density at radius 1 is 1.44 bits per heavy atom. The average molecular weight is 250 g/mol. The summed E-state index contributed by atoms with van der Waals surface area (Å²) in [6.45, 7) is 4.09. The van der Waals surface area contributed by atoms with Crippen molar-refractivity contribution in [3.63, 3.8) is 0 Å². The van der Waals surface area contributed by atoms with E-state index in [1.165, 1.54) is 17.0 Å². The van der Waals surface area contributed by atoms with E-state index in [-0.39, 0.29) is 17.6 Å². The molecule has 1 atom stereocenters. The van der Waals surface area contributed by atoms with Gasteiger partial charge in [0.05, 0.1) is 0 Å². The number of phenols is 1. The molecule has 5 heteroatoms. The van der Waals surface area contributed by atoms with Gasteiger partial charge in [0.15, 0.2) is 0 Å². The summed E-state index contributed by atoms with van der Waals surface area (Å²) < 4.78 is 0. The van der Waals surface area contributed by atoms with E-state index in [1.807, 2.05) is 6.92 Å². The second-order valence-corrected chi connectivity index (χ2v) is 4.10. The molecule has 0 fully saturated rings. The van der Waals surface area contributed by atoms with Gasteiger partial charge in [0.1, 0.15) is 11.8 Å². The normalized spacial score (nSPS) is 11.7. The largest absolute Gasteiger partial charge is 0.508 e. The van der Waals surface area contributed by atoms with Crippen LogP contribution in [-0.4, -0.2) is 41.5 Å². The first kappa shape index (κ1) is 14.0. The Labute approximate surface area is 106 Å². The van der Waals surface area contributed by atoms with Crippen LogP contribution >= 0.6 is 0 Å². The number of rotatable bonds is 4. The molecule has 0 radical (unpaired) electrons. The molecule has 1 aromatic rings. The van der Waals surface area contributed by atoms with E-state index in [0.29, 0.717) is 12.1 Å². The average Bonchev–Trinajstić information content (AvgIpc) is 2.36. The lowest BCUT2D eigenvalue weighted by Crippen LogP contribution is -2.45. The maximum atomic E-state index is 11.8. The molecule has 1 aromatic carbocycles. The molecule has 0 aromatic heterocycles. The standard InChI is InChI=1S/C13H18N2O3/c1-4-15(3)13(18)9(2)14-12(17)10-6-5-7-11(16)8-10/h5-9,16H,4H2,1-3H3,(H,14,17). The number of nitrogens with zero attached hydrogens (tertiary/aromatic N) is 1. The van der Waals surface area contributed by atoms with Crippen LogP contribution in [0, 0.1) is 0 Å². The number of hydrogen-bond acceptors (Lipinski definition) is 3. The molecule has 0 aliphatic heterocycles. The highest BCUT2D eigenvalue weighted by Crippen LogP contribution is 2.10. The number of likely N-dealkylation sites (N-methyl/N-ethyl adjacent to an activating group) is 1. The Morgan fingerprint density at radius 2 is 2.11 bits per heavy atom. The molecule has 0 saturated carbocycles. The molecule has 2 amide bonds. The van der Waals surface area contributed by atoms with Crippen LogP contribution in [0.3, 0.4) is 0 Å². The summed E-state index contributed by atoms with van der Waals surface area (Å²) in [5.74, 6) is -0.505. The Balaban J connectivity index is 2.68. The van der Waals surface area contributed by atoms with E-state index >= 15 is 0 Å². The molecule has 1 rings (SSSR count). The Kier molecular flexibility index (Phi) is 4.71. The van der Waals surface area contributed by atoms with Crippen molar-refractivity contribution in [2.45, 2.75) is 19.9 Å². The van der Waals surface area contributed by atoms with Gasteiger partial charge < -0.3 is 15.3 Å². The molecule has 18 heavy (non-hydrogen) atoms. The quantitative estimate of drug-likeness (QED) is 0.837. The maximum absolute atomic E-state index is 11.8. The second-order valence-electron chi connectivity index (χ2n) is 4.10. The van der Waals surface area contributed by atoms with Gasteiger partial charge in [-0.2, -0.15) is 0 Å².